The molecule has 2 heterocycles. The Labute approximate surface area is 181 Å². The Morgan fingerprint density at radius 3 is 2.61 bits per heavy atom. The van der Waals surface area contributed by atoms with Crippen LogP contribution in [-0.2, 0) is 16.6 Å². The van der Waals surface area contributed by atoms with Gasteiger partial charge in [-0.2, -0.15) is 9.40 Å². The molecule has 2 aromatic carbocycles. The van der Waals surface area contributed by atoms with Gasteiger partial charge in [0.05, 0.1) is 12.8 Å². The van der Waals surface area contributed by atoms with Crippen LogP contribution in [0.15, 0.2) is 65.8 Å². The molecular formula is C22H24N4O4S. The number of nitrogens with one attached hydrogen (secondary N) is 1. The average molecular weight is 441 g/mol. The van der Waals surface area contributed by atoms with E-state index in [1.807, 2.05) is 36.5 Å². The lowest BCUT2D eigenvalue weighted by molar-refractivity contribution is 0.0950. The molecule has 3 aromatic rings. The van der Waals surface area contributed by atoms with Gasteiger partial charge in [0.2, 0.25) is 10.0 Å². The first kappa shape index (κ1) is 21.1. The summed E-state index contributed by atoms with van der Waals surface area (Å²) in [5, 5.41) is 7.12. The summed E-state index contributed by atoms with van der Waals surface area (Å²) < 4.78 is 34.5. The van der Waals surface area contributed by atoms with Crippen molar-refractivity contribution < 1.29 is 17.9 Å². The highest BCUT2D eigenvalue weighted by Gasteiger charge is 2.30. The molecule has 1 N–H and O–H groups in total. The molecule has 1 aromatic heterocycles. The average Bonchev–Trinajstić information content (AvgIpc) is 3.52. The molecule has 9 heteroatoms. The second-order valence-electron chi connectivity index (χ2n) is 7.24. The zero-order chi connectivity index (χ0) is 21.8. The van der Waals surface area contributed by atoms with Crippen molar-refractivity contribution >= 4 is 15.9 Å². The van der Waals surface area contributed by atoms with Crippen LogP contribution >= 0.6 is 0 Å². The number of para-hydroxylation sites is 1. The van der Waals surface area contributed by atoms with E-state index in [1.54, 1.807) is 16.9 Å². The van der Waals surface area contributed by atoms with Gasteiger partial charge in [0.1, 0.15) is 10.6 Å². The summed E-state index contributed by atoms with van der Waals surface area (Å²) in [6.07, 6.45) is 5.18. The molecule has 31 heavy (non-hydrogen) atoms. The first-order valence-electron chi connectivity index (χ1n) is 10.0. The second kappa shape index (κ2) is 8.91. The highest BCUT2D eigenvalue weighted by atomic mass is 32.2. The minimum absolute atomic E-state index is 0.0153. The third kappa shape index (κ3) is 4.33. The lowest BCUT2D eigenvalue weighted by atomic mass is 10.1. The monoisotopic (exact) mass is 440 g/mol. The van der Waals surface area contributed by atoms with Gasteiger partial charge >= 0.3 is 0 Å². The number of hydrogen-bond acceptors (Lipinski definition) is 5. The van der Waals surface area contributed by atoms with E-state index in [0.29, 0.717) is 13.1 Å². The zero-order valence-electron chi connectivity index (χ0n) is 17.2. The van der Waals surface area contributed by atoms with Crippen LogP contribution in [0, 0.1) is 0 Å². The van der Waals surface area contributed by atoms with E-state index >= 15 is 0 Å². The highest BCUT2D eigenvalue weighted by Crippen LogP contribution is 2.30. The molecule has 0 unspecified atom stereocenters. The molecule has 1 saturated heterocycles. The molecule has 8 nitrogen and oxygen atoms in total. The smallest absolute Gasteiger partial charge is 0.251 e. The van der Waals surface area contributed by atoms with Crippen molar-refractivity contribution in [1.29, 1.82) is 0 Å². The van der Waals surface area contributed by atoms with Gasteiger partial charge in [0.15, 0.2) is 0 Å². The van der Waals surface area contributed by atoms with E-state index in [1.165, 1.54) is 23.5 Å². The summed E-state index contributed by atoms with van der Waals surface area (Å²) in [5.74, 6) is -0.136. The zero-order valence-corrected chi connectivity index (χ0v) is 18.0. The Balaban J connectivity index is 1.56. The van der Waals surface area contributed by atoms with Gasteiger partial charge in [0, 0.05) is 37.6 Å². The number of sulfonamides is 1. The predicted octanol–water partition coefficient (Wildman–Crippen LogP) is 2.60. The van der Waals surface area contributed by atoms with E-state index in [4.69, 9.17) is 4.74 Å². The Kier molecular flexibility index (Phi) is 6.06. The molecule has 1 aliphatic heterocycles. The third-order valence-corrected chi connectivity index (χ3v) is 7.21. The minimum atomic E-state index is -3.72. The van der Waals surface area contributed by atoms with E-state index in [-0.39, 0.29) is 28.7 Å². The number of rotatable bonds is 7. The number of amides is 1. The molecule has 0 aliphatic carbocycles. The minimum Gasteiger partial charge on any atom is -0.495 e. The third-order valence-electron chi connectivity index (χ3n) is 5.29. The van der Waals surface area contributed by atoms with Crippen molar-refractivity contribution in [3.05, 3.63) is 72.1 Å². The summed E-state index contributed by atoms with van der Waals surface area (Å²) >= 11 is 0. The van der Waals surface area contributed by atoms with E-state index in [0.717, 1.165) is 24.1 Å². The summed E-state index contributed by atoms with van der Waals surface area (Å²) in [6.45, 7) is 1.23. The topological polar surface area (TPSA) is 93.5 Å². The number of carbonyl (C=O) groups is 1. The number of aromatic nitrogens is 2. The normalized spacial score (nSPS) is 14.5. The molecule has 0 saturated carbocycles. The van der Waals surface area contributed by atoms with Crippen LogP contribution in [0.5, 0.6) is 5.75 Å². The van der Waals surface area contributed by atoms with E-state index in [2.05, 4.69) is 10.4 Å². The summed E-state index contributed by atoms with van der Waals surface area (Å²) in [6, 6.07) is 13.9. The van der Waals surface area contributed by atoms with E-state index in [9.17, 15) is 13.2 Å². The van der Waals surface area contributed by atoms with Crippen LogP contribution in [0.25, 0.3) is 5.69 Å². The maximum Gasteiger partial charge on any atom is 0.251 e. The van der Waals surface area contributed by atoms with Gasteiger partial charge in [0.25, 0.3) is 5.91 Å². The van der Waals surface area contributed by atoms with Gasteiger partial charge in [-0.25, -0.2) is 13.1 Å². The molecular weight excluding hydrogens is 416 g/mol. The molecule has 1 aliphatic rings. The number of hydrogen-bond donors (Lipinski definition) is 1. The first-order chi connectivity index (χ1) is 15.0. The summed E-state index contributed by atoms with van der Waals surface area (Å²) in [4.78, 5) is 12.8. The van der Waals surface area contributed by atoms with Gasteiger partial charge in [-0.1, -0.05) is 18.2 Å². The SMILES string of the molecule is COc1ccc(C(=O)NCc2ccccc2-n2cccn2)cc1S(=O)(=O)N1CCCC1. The fourth-order valence-electron chi connectivity index (χ4n) is 3.66. The number of nitrogens with zero attached hydrogens (tertiary/aromatic N) is 3. The number of methoxy groups -OCH3 is 1. The van der Waals surface area contributed by atoms with Crippen molar-refractivity contribution in [2.24, 2.45) is 0 Å². The molecule has 0 radical (unpaired) electrons. The maximum atomic E-state index is 13.0. The van der Waals surface area contributed by atoms with Crippen LogP contribution in [-0.4, -0.2) is 48.6 Å². The lowest BCUT2D eigenvalue weighted by Crippen LogP contribution is -2.29. The molecule has 1 fully saturated rings. The first-order valence-corrected chi connectivity index (χ1v) is 11.5. The predicted molar refractivity (Wildman–Crippen MR) is 116 cm³/mol. The molecule has 0 bridgehead atoms. The second-order valence-corrected chi connectivity index (χ2v) is 9.15. The molecule has 162 valence electrons. The van der Waals surface area contributed by atoms with Crippen molar-refractivity contribution in [2.45, 2.75) is 24.3 Å². The standard InChI is InChI=1S/C22H24N4O4S/c1-30-20-10-9-17(15-21(20)31(28,29)25-12-4-5-13-25)22(27)23-16-18-7-2-3-8-19(18)26-14-6-11-24-26/h2-3,6-11,14-15H,4-5,12-13,16H2,1H3,(H,23,27). The van der Waals surface area contributed by atoms with Crippen LogP contribution < -0.4 is 10.1 Å². The van der Waals surface area contributed by atoms with Crippen molar-refractivity contribution in [2.75, 3.05) is 20.2 Å². The van der Waals surface area contributed by atoms with Gasteiger partial charge in [-0.05, 0) is 48.7 Å². The van der Waals surface area contributed by atoms with Crippen LogP contribution in [0.4, 0.5) is 0 Å². The van der Waals surface area contributed by atoms with Crippen LogP contribution in [0.3, 0.4) is 0 Å². The number of benzene rings is 2. The van der Waals surface area contributed by atoms with Crippen LogP contribution in [0.2, 0.25) is 0 Å². The lowest BCUT2D eigenvalue weighted by Gasteiger charge is -2.18. The largest absolute Gasteiger partial charge is 0.495 e. The molecule has 1 amide bonds. The van der Waals surface area contributed by atoms with E-state index < -0.39 is 10.0 Å². The Morgan fingerprint density at radius 1 is 1.13 bits per heavy atom. The Hall–Kier alpha value is -3.17. The Bertz CT molecular complexity index is 1170. The van der Waals surface area contributed by atoms with Gasteiger partial charge in [-0.3, -0.25) is 4.79 Å². The number of carbonyl (C=O) groups excluding carboxylic acids is 1. The van der Waals surface area contributed by atoms with Gasteiger partial charge in [-0.15, -0.1) is 0 Å². The highest BCUT2D eigenvalue weighted by molar-refractivity contribution is 7.89. The van der Waals surface area contributed by atoms with Gasteiger partial charge < -0.3 is 10.1 Å². The molecule has 0 spiro atoms. The van der Waals surface area contributed by atoms with Crippen molar-refractivity contribution in [3.8, 4) is 11.4 Å². The molecule has 4 rings (SSSR count). The summed E-state index contributed by atoms with van der Waals surface area (Å²) in [5.41, 5.74) is 2.01. The fraction of sp³-hybridized carbons (Fsp3) is 0.273. The maximum absolute atomic E-state index is 13.0. The number of ether oxygens (including phenoxy) is 1. The van der Waals surface area contributed by atoms with Crippen molar-refractivity contribution in [1.82, 2.24) is 19.4 Å². The quantitative estimate of drug-likeness (QED) is 0.610. The molecule has 0 atom stereocenters. The van der Waals surface area contributed by atoms with Crippen LogP contribution in [0.1, 0.15) is 28.8 Å². The van der Waals surface area contributed by atoms with Crippen molar-refractivity contribution in [3.63, 3.8) is 0 Å². The Morgan fingerprint density at radius 2 is 1.90 bits per heavy atom. The fourth-order valence-corrected chi connectivity index (χ4v) is 5.36. The summed E-state index contributed by atoms with van der Waals surface area (Å²) in [7, 11) is -2.30.